The lowest BCUT2D eigenvalue weighted by molar-refractivity contribution is 0.538. The molecule has 1 aromatic heterocycles. The zero-order valence-electron chi connectivity index (χ0n) is 5.72. The van der Waals surface area contributed by atoms with Crippen LogP contribution in [0.15, 0.2) is 0 Å². The van der Waals surface area contributed by atoms with Gasteiger partial charge in [-0.25, -0.2) is 4.57 Å². The molecule has 0 aliphatic rings. The van der Waals surface area contributed by atoms with Gasteiger partial charge in [0, 0.05) is 0 Å². The summed E-state index contributed by atoms with van der Waals surface area (Å²) >= 11 is 4.71. The number of hydrogen-bond acceptors (Lipinski definition) is 4. The standard InChI is InChI=1S/C5H5N3O2S/c1-4-6-8(3-10)5(11)7(4)2-9/h2-3H,1H3. The van der Waals surface area contributed by atoms with Crippen LogP contribution in [0.2, 0.25) is 0 Å². The van der Waals surface area contributed by atoms with Crippen molar-refractivity contribution in [3.8, 4) is 0 Å². The van der Waals surface area contributed by atoms with Crippen molar-refractivity contribution < 1.29 is 9.59 Å². The Morgan fingerprint density at radius 2 is 2.09 bits per heavy atom. The van der Waals surface area contributed by atoms with Crippen molar-refractivity contribution >= 4 is 25.0 Å². The Morgan fingerprint density at radius 3 is 2.36 bits per heavy atom. The molecule has 0 saturated carbocycles. The summed E-state index contributed by atoms with van der Waals surface area (Å²) in [6.07, 6.45) is 0.972. The van der Waals surface area contributed by atoms with E-state index in [1.807, 2.05) is 0 Å². The predicted octanol–water partition coefficient (Wildman–Crippen LogP) is -0.201. The number of hydrogen-bond donors (Lipinski definition) is 0. The Balaban J connectivity index is 3.48. The van der Waals surface area contributed by atoms with E-state index in [-0.39, 0.29) is 4.77 Å². The van der Waals surface area contributed by atoms with E-state index in [0.717, 1.165) is 9.25 Å². The van der Waals surface area contributed by atoms with Gasteiger partial charge >= 0.3 is 0 Å². The van der Waals surface area contributed by atoms with Gasteiger partial charge in [0.25, 0.3) is 0 Å². The Hall–Kier alpha value is -1.30. The number of carbonyl (C=O) groups excluding carboxylic acids is 2. The summed E-state index contributed by atoms with van der Waals surface area (Å²) in [5.41, 5.74) is 0. The molecule has 0 N–H and O–H groups in total. The average Bonchev–Trinajstić information content (AvgIpc) is 2.26. The molecule has 0 atom stereocenters. The normalized spacial score (nSPS) is 9.55. The van der Waals surface area contributed by atoms with Gasteiger partial charge in [-0.05, 0) is 19.1 Å². The molecule has 0 amide bonds. The highest BCUT2D eigenvalue weighted by molar-refractivity contribution is 7.71. The maximum absolute atomic E-state index is 10.3. The second-order valence-electron chi connectivity index (χ2n) is 1.86. The number of rotatable bonds is 2. The van der Waals surface area contributed by atoms with Gasteiger partial charge in [-0.3, -0.25) is 9.59 Å². The van der Waals surface area contributed by atoms with Crippen LogP contribution in [0.3, 0.4) is 0 Å². The third kappa shape index (κ3) is 1.12. The number of carbonyl (C=O) groups is 2. The van der Waals surface area contributed by atoms with Gasteiger partial charge in [0.15, 0.2) is 0 Å². The summed E-state index contributed by atoms with van der Waals surface area (Å²) in [5, 5.41) is 3.68. The van der Waals surface area contributed by atoms with Crippen molar-refractivity contribution in [3.05, 3.63) is 10.6 Å². The van der Waals surface area contributed by atoms with Crippen LogP contribution in [0.4, 0.5) is 0 Å². The summed E-state index contributed by atoms with van der Waals surface area (Å²) in [4.78, 5) is 20.5. The summed E-state index contributed by atoms with van der Waals surface area (Å²) in [6, 6.07) is 0. The second-order valence-corrected chi connectivity index (χ2v) is 2.22. The predicted molar refractivity (Wildman–Crippen MR) is 40.1 cm³/mol. The third-order valence-corrected chi connectivity index (χ3v) is 1.59. The van der Waals surface area contributed by atoms with E-state index in [1.165, 1.54) is 0 Å². The Labute approximate surface area is 67.2 Å². The van der Waals surface area contributed by atoms with Gasteiger partial charge in [-0.1, -0.05) is 0 Å². The zero-order chi connectivity index (χ0) is 8.43. The maximum Gasteiger partial charge on any atom is 0.236 e. The third-order valence-electron chi connectivity index (χ3n) is 1.21. The molecule has 0 spiro atoms. The molecule has 0 aromatic carbocycles. The van der Waals surface area contributed by atoms with Crippen LogP contribution in [-0.4, -0.2) is 27.2 Å². The van der Waals surface area contributed by atoms with Crippen LogP contribution in [0.5, 0.6) is 0 Å². The van der Waals surface area contributed by atoms with Gasteiger partial charge in [0.1, 0.15) is 5.82 Å². The molecule has 0 radical (unpaired) electrons. The molecule has 0 aliphatic heterocycles. The first-order valence-corrected chi connectivity index (χ1v) is 3.19. The highest BCUT2D eigenvalue weighted by Crippen LogP contribution is 1.93. The molecule has 0 unspecified atom stereocenters. The molecule has 0 aliphatic carbocycles. The molecule has 1 aromatic rings. The first-order valence-electron chi connectivity index (χ1n) is 2.79. The van der Waals surface area contributed by atoms with Crippen molar-refractivity contribution in [1.82, 2.24) is 14.3 Å². The van der Waals surface area contributed by atoms with Gasteiger partial charge < -0.3 is 0 Å². The minimum Gasteiger partial charge on any atom is -0.278 e. The molecule has 0 bridgehead atoms. The van der Waals surface area contributed by atoms with E-state index in [2.05, 4.69) is 5.10 Å². The van der Waals surface area contributed by atoms with E-state index >= 15 is 0 Å². The van der Waals surface area contributed by atoms with Gasteiger partial charge in [0.2, 0.25) is 17.6 Å². The molecule has 0 saturated heterocycles. The number of aromatic nitrogens is 3. The van der Waals surface area contributed by atoms with Crippen molar-refractivity contribution in [3.63, 3.8) is 0 Å². The topological polar surface area (TPSA) is 56.9 Å². The van der Waals surface area contributed by atoms with Crippen molar-refractivity contribution in [2.45, 2.75) is 6.92 Å². The SMILES string of the molecule is Cc1nn(C=O)c(=S)n1C=O. The lowest BCUT2D eigenvalue weighted by Gasteiger charge is -1.85. The van der Waals surface area contributed by atoms with Crippen LogP contribution in [0, 0.1) is 11.7 Å². The number of aryl methyl sites for hydroxylation is 1. The molecule has 1 rings (SSSR count). The minimum absolute atomic E-state index is 0.0903. The number of nitrogens with zero attached hydrogens (tertiary/aromatic N) is 3. The fourth-order valence-corrected chi connectivity index (χ4v) is 0.945. The minimum atomic E-state index is 0.0903. The molecule has 5 nitrogen and oxygen atoms in total. The highest BCUT2D eigenvalue weighted by atomic mass is 32.1. The molecule has 58 valence electrons. The summed E-state index contributed by atoms with van der Waals surface area (Å²) in [6.45, 7) is 1.59. The first-order chi connectivity index (χ1) is 5.20. The summed E-state index contributed by atoms with van der Waals surface area (Å²) < 4.78 is 2.13. The second kappa shape index (κ2) is 2.75. The van der Waals surface area contributed by atoms with Crippen LogP contribution < -0.4 is 0 Å². The van der Waals surface area contributed by atoms with E-state index in [9.17, 15) is 9.59 Å². The van der Waals surface area contributed by atoms with Crippen LogP contribution in [0.25, 0.3) is 0 Å². The van der Waals surface area contributed by atoms with Crippen molar-refractivity contribution in [1.29, 1.82) is 0 Å². The van der Waals surface area contributed by atoms with Gasteiger partial charge in [0.05, 0.1) is 0 Å². The summed E-state index contributed by atoms with van der Waals surface area (Å²) in [7, 11) is 0. The zero-order valence-corrected chi connectivity index (χ0v) is 6.54. The average molecular weight is 171 g/mol. The lowest BCUT2D eigenvalue weighted by atomic mass is 10.7. The molecule has 0 fully saturated rings. The van der Waals surface area contributed by atoms with Gasteiger partial charge in [-0.15, -0.1) is 5.10 Å². The molecular formula is C5H5N3O2S. The largest absolute Gasteiger partial charge is 0.278 e. The van der Waals surface area contributed by atoms with Crippen LogP contribution in [-0.2, 0) is 9.59 Å². The lowest BCUT2D eigenvalue weighted by Crippen LogP contribution is -1.99. The smallest absolute Gasteiger partial charge is 0.236 e. The fourth-order valence-electron chi connectivity index (χ4n) is 0.686. The van der Waals surface area contributed by atoms with E-state index in [4.69, 9.17) is 12.2 Å². The quantitative estimate of drug-likeness (QED) is 0.456. The maximum atomic E-state index is 10.3. The Morgan fingerprint density at radius 1 is 1.45 bits per heavy atom. The van der Waals surface area contributed by atoms with E-state index < -0.39 is 0 Å². The van der Waals surface area contributed by atoms with Gasteiger partial charge in [-0.2, -0.15) is 4.68 Å². The first kappa shape index (κ1) is 7.80. The monoisotopic (exact) mass is 171 g/mol. The molecule has 6 heteroatoms. The summed E-state index contributed by atoms with van der Waals surface area (Å²) in [5.74, 6) is 0.400. The van der Waals surface area contributed by atoms with E-state index in [1.54, 1.807) is 6.92 Å². The molecule has 1 heterocycles. The van der Waals surface area contributed by atoms with Crippen molar-refractivity contribution in [2.24, 2.45) is 0 Å². The van der Waals surface area contributed by atoms with E-state index in [0.29, 0.717) is 18.6 Å². The molecular weight excluding hydrogens is 166 g/mol. The fraction of sp³-hybridized carbons (Fsp3) is 0.200. The Bertz CT molecular complexity index is 351. The highest BCUT2D eigenvalue weighted by Gasteiger charge is 2.03. The van der Waals surface area contributed by atoms with Crippen molar-refractivity contribution in [2.75, 3.05) is 0 Å². The molecule has 11 heavy (non-hydrogen) atoms. The van der Waals surface area contributed by atoms with Crippen LogP contribution >= 0.6 is 12.2 Å². The van der Waals surface area contributed by atoms with Crippen LogP contribution in [0.1, 0.15) is 5.82 Å². The Kier molecular flexibility index (Phi) is 1.95.